The van der Waals surface area contributed by atoms with E-state index in [0.717, 1.165) is 17.7 Å². The molecule has 2 rings (SSSR count). The maximum Gasteiger partial charge on any atom is 0.248 e. The molecule has 0 unspecified atom stereocenters. The lowest BCUT2D eigenvalue weighted by Crippen LogP contribution is -2.38. The van der Waals surface area contributed by atoms with Gasteiger partial charge in [0.05, 0.1) is 5.69 Å². The van der Waals surface area contributed by atoms with Crippen LogP contribution in [0.25, 0.3) is 0 Å². The topological polar surface area (TPSA) is 55.3 Å². The zero-order chi connectivity index (χ0) is 10.7. The highest BCUT2D eigenvalue weighted by atomic mass is 16.5. The lowest BCUT2D eigenvalue weighted by atomic mass is 10.1. The van der Waals surface area contributed by atoms with Crippen molar-refractivity contribution in [2.45, 2.75) is 13.0 Å². The zero-order valence-corrected chi connectivity index (χ0v) is 8.64. The van der Waals surface area contributed by atoms with Gasteiger partial charge < -0.3 is 9.64 Å². The standard InChI is InChI=1S/C10H13N3O2/c1-15-6-10(14)13-3-2-9-8(5-13)4-11-7-12-9/h4,7H,2-3,5-6H2,1H3. The van der Waals surface area contributed by atoms with Gasteiger partial charge in [0.2, 0.25) is 5.91 Å². The van der Waals surface area contributed by atoms with Crippen LogP contribution in [0.1, 0.15) is 11.3 Å². The van der Waals surface area contributed by atoms with Crippen molar-refractivity contribution in [1.82, 2.24) is 14.9 Å². The molecule has 1 aliphatic rings. The Morgan fingerprint density at radius 2 is 2.53 bits per heavy atom. The fourth-order valence-electron chi connectivity index (χ4n) is 1.69. The monoisotopic (exact) mass is 207 g/mol. The van der Waals surface area contributed by atoms with Crippen molar-refractivity contribution in [2.75, 3.05) is 20.3 Å². The SMILES string of the molecule is COCC(=O)N1CCc2ncncc2C1. The minimum absolute atomic E-state index is 0.0204. The maximum atomic E-state index is 11.6. The van der Waals surface area contributed by atoms with Crippen LogP contribution in [0.5, 0.6) is 0 Å². The first-order chi connectivity index (χ1) is 7.31. The second-order valence-corrected chi connectivity index (χ2v) is 3.49. The average Bonchev–Trinajstić information content (AvgIpc) is 2.29. The van der Waals surface area contributed by atoms with E-state index >= 15 is 0 Å². The molecule has 0 N–H and O–H groups in total. The van der Waals surface area contributed by atoms with Gasteiger partial charge in [0.25, 0.3) is 0 Å². The Morgan fingerprint density at radius 1 is 1.67 bits per heavy atom. The van der Waals surface area contributed by atoms with Gasteiger partial charge in [0, 0.05) is 38.4 Å². The summed E-state index contributed by atoms with van der Waals surface area (Å²) < 4.78 is 4.82. The fraction of sp³-hybridized carbons (Fsp3) is 0.500. The largest absolute Gasteiger partial charge is 0.375 e. The molecule has 0 aliphatic carbocycles. The number of carbonyl (C=O) groups excluding carboxylic acids is 1. The van der Waals surface area contributed by atoms with Crippen LogP contribution < -0.4 is 0 Å². The molecule has 15 heavy (non-hydrogen) atoms. The van der Waals surface area contributed by atoms with Crippen molar-refractivity contribution >= 4 is 5.91 Å². The summed E-state index contributed by atoms with van der Waals surface area (Å²) in [6.45, 7) is 1.45. The Kier molecular flexibility index (Phi) is 2.91. The van der Waals surface area contributed by atoms with Gasteiger partial charge in [0.15, 0.2) is 0 Å². The third-order valence-electron chi connectivity index (χ3n) is 2.48. The lowest BCUT2D eigenvalue weighted by molar-refractivity contribution is -0.136. The quantitative estimate of drug-likeness (QED) is 0.685. The molecule has 1 aliphatic heterocycles. The van der Waals surface area contributed by atoms with Crippen LogP contribution in [0.2, 0.25) is 0 Å². The second kappa shape index (κ2) is 4.35. The smallest absolute Gasteiger partial charge is 0.248 e. The molecule has 80 valence electrons. The Balaban J connectivity index is 2.08. The number of rotatable bonds is 2. The number of hydrogen-bond acceptors (Lipinski definition) is 4. The molecule has 1 aromatic heterocycles. The molecule has 0 saturated carbocycles. The molecular formula is C10H13N3O2. The molecule has 0 bridgehead atoms. The van der Waals surface area contributed by atoms with E-state index in [-0.39, 0.29) is 12.5 Å². The first-order valence-corrected chi connectivity index (χ1v) is 4.85. The Bertz CT molecular complexity index is 367. The maximum absolute atomic E-state index is 11.6. The Hall–Kier alpha value is -1.49. The highest BCUT2D eigenvalue weighted by Gasteiger charge is 2.20. The third kappa shape index (κ3) is 2.12. The van der Waals surface area contributed by atoms with Crippen LogP contribution in [-0.4, -0.2) is 41.0 Å². The molecule has 2 heterocycles. The van der Waals surface area contributed by atoms with Crippen LogP contribution in [0, 0.1) is 0 Å². The number of nitrogens with zero attached hydrogens (tertiary/aromatic N) is 3. The summed E-state index contributed by atoms with van der Waals surface area (Å²) in [7, 11) is 1.53. The molecule has 0 aromatic carbocycles. The van der Waals surface area contributed by atoms with Gasteiger partial charge in [0.1, 0.15) is 12.9 Å². The number of methoxy groups -OCH3 is 1. The average molecular weight is 207 g/mol. The normalized spacial score (nSPS) is 14.9. The molecule has 5 nitrogen and oxygen atoms in total. The van der Waals surface area contributed by atoms with Gasteiger partial charge in [-0.05, 0) is 0 Å². The molecule has 0 fully saturated rings. The summed E-state index contributed by atoms with van der Waals surface area (Å²) in [5.74, 6) is 0.0204. The summed E-state index contributed by atoms with van der Waals surface area (Å²) in [6.07, 6.45) is 4.12. The molecule has 0 atom stereocenters. The fourth-order valence-corrected chi connectivity index (χ4v) is 1.69. The van der Waals surface area contributed by atoms with Gasteiger partial charge in [-0.3, -0.25) is 4.79 Å². The predicted octanol–water partition coefficient (Wildman–Crippen LogP) is 0.00770. The lowest BCUT2D eigenvalue weighted by Gasteiger charge is -2.27. The first-order valence-electron chi connectivity index (χ1n) is 4.85. The van der Waals surface area contributed by atoms with Gasteiger partial charge in [-0.1, -0.05) is 0 Å². The number of hydrogen-bond donors (Lipinski definition) is 0. The van der Waals surface area contributed by atoms with Crippen LogP contribution in [0.3, 0.4) is 0 Å². The highest BCUT2D eigenvalue weighted by molar-refractivity contribution is 5.77. The van der Waals surface area contributed by atoms with E-state index in [1.165, 1.54) is 7.11 Å². The number of carbonyl (C=O) groups is 1. The zero-order valence-electron chi connectivity index (χ0n) is 8.64. The van der Waals surface area contributed by atoms with Crippen molar-refractivity contribution in [3.63, 3.8) is 0 Å². The molecule has 0 saturated heterocycles. The van der Waals surface area contributed by atoms with Gasteiger partial charge in [-0.25, -0.2) is 9.97 Å². The number of ether oxygens (including phenoxy) is 1. The van der Waals surface area contributed by atoms with E-state index in [9.17, 15) is 4.79 Å². The number of aromatic nitrogens is 2. The summed E-state index contributed by atoms with van der Waals surface area (Å²) in [5, 5.41) is 0. The number of amides is 1. The molecular weight excluding hydrogens is 194 g/mol. The summed E-state index contributed by atoms with van der Waals surface area (Å²) in [5.41, 5.74) is 2.08. The first kappa shape index (κ1) is 10.0. The van der Waals surface area contributed by atoms with Crippen molar-refractivity contribution in [1.29, 1.82) is 0 Å². The van der Waals surface area contributed by atoms with E-state index in [1.54, 1.807) is 17.4 Å². The summed E-state index contributed by atoms with van der Waals surface area (Å²) >= 11 is 0. The van der Waals surface area contributed by atoms with Gasteiger partial charge in [-0.15, -0.1) is 0 Å². The summed E-state index contributed by atoms with van der Waals surface area (Å²) in [4.78, 5) is 21.5. The molecule has 5 heteroatoms. The van der Waals surface area contributed by atoms with Crippen LogP contribution >= 0.6 is 0 Å². The molecule has 1 aromatic rings. The third-order valence-corrected chi connectivity index (χ3v) is 2.48. The van der Waals surface area contributed by atoms with Gasteiger partial charge >= 0.3 is 0 Å². The molecule has 1 amide bonds. The minimum atomic E-state index is 0.0204. The molecule has 0 spiro atoms. The minimum Gasteiger partial charge on any atom is -0.375 e. The van der Waals surface area contributed by atoms with E-state index in [4.69, 9.17) is 4.74 Å². The Morgan fingerprint density at radius 3 is 3.33 bits per heavy atom. The summed E-state index contributed by atoms with van der Waals surface area (Å²) in [6, 6.07) is 0. The number of fused-ring (bicyclic) bond motifs is 1. The van der Waals surface area contributed by atoms with Crippen LogP contribution in [0.15, 0.2) is 12.5 Å². The second-order valence-electron chi connectivity index (χ2n) is 3.49. The Labute approximate surface area is 88.1 Å². The van der Waals surface area contributed by atoms with Crippen molar-refractivity contribution < 1.29 is 9.53 Å². The van der Waals surface area contributed by atoms with Crippen molar-refractivity contribution in [2.24, 2.45) is 0 Å². The van der Waals surface area contributed by atoms with E-state index in [1.807, 2.05) is 0 Å². The predicted molar refractivity (Wildman–Crippen MR) is 53.0 cm³/mol. The van der Waals surface area contributed by atoms with E-state index in [0.29, 0.717) is 13.1 Å². The van der Waals surface area contributed by atoms with Crippen LogP contribution in [-0.2, 0) is 22.5 Å². The highest BCUT2D eigenvalue weighted by Crippen LogP contribution is 2.15. The van der Waals surface area contributed by atoms with Crippen molar-refractivity contribution in [3.05, 3.63) is 23.8 Å². The van der Waals surface area contributed by atoms with Gasteiger partial charge in [-0.2, -0.15) is 0 Å². The van der Waals surface area contributed by atoms with Crippen molar-refractivity contribution in [3.8, 4) is 0 Å². The molecule has 0 radical (unpaired) electrons. The van der Waals surface area contributed by atoms with Crippen LogP contribution in [0.4, 0.5) is 0 Å². The van der Waals surface area contributed by atoms with E-state index in [2.05, 4.69) is 9.97 Å². The van der Waals surface area contributed by atoms with E-state index < -0.39 is 0 Å².